The number of carbonyl (C=O) groups excluding carboxylic acids is 1. The van der Waals surface area contributed by atoms with E-state index in [1.54, 1.807) is 0 Å². The molecular formula is C11H20ClNO. The Labute approximate surface area is 91.6 Å². The van der Waals surface area contributed by atoms with Gasteiger partial charge in [0.25, 0.3) is 0 Å². The lowest BCUT2D eigenvalue weighted by atomic mass is 9.96. The van der Waals surface area contributed by atoms with E-state index in [1.165, 1.54) is 12.8 Å². The average Bonchev–Trinajstić information content (AvgIpc) is 2.34. The van der Waals surface area contributed by atoms with Crippen molar-refractivity contribution in [2.75, 3.05) is 19.0 Å². The Balaban J connectivity index is 2.40. The number of nitrogens with zero attached hydrogens (tertiary/aromatic N) is 1. The average molecular weight is 218 g/mol. The SMILES string of the molecule is CCCC1CCC(=O)N(CCCl)CC1. The molecule has 0 N–H and O–H groups in total. The van der Waals surface area contributed by atoms with Gasteiger partial charge in [-0.15, -0.1) is 11.6 Å². The smallest absolute Gasteiger partial charge is 0.222 e. The van der Waals surface area contributed by atoms with Crippen LogP contribution in [0, 0.1) is 5.92 Å². The zero-order valence-corrected chi connectivity index (χ0v) is 9.72. The third-order valence-electron chi connectivity index (χ3n) is 2.98. The van der Waals surface area contributed by atoms with Gasteiger partial charge in [0, 0.05) is 25.4 Å². The summed E-state index contributed by atoms with van der Waals surface area (Å²) in [7, 11) is 0. The fraction of sp³-hybridized carbons (Fsp3) is 0.909. The zero-order valence-electron chi connectivity index (χ0n) is 8.97. The largest absolute Gasteiger partial charge is 0.341 e. The van der Waals surface area contributed by atoms with Crippen LogP contribution in [0.25, 0.3) is 0 Å². The predicted octanol–water partition coefficient (Wildman–Crippen LogP) is 2.65. The molecule has 0 saturated carbocycles. The number of amides is 1. The monoisotopic (exact) mass is 217 g/mol. The molecule has 0 spiro atoms. The number of halogens is 1. The number of alkyl halides is 1. The topological polar surface area (TPSA) is 20.3 Å². The highest BCUT2D eigenvalue weighted by Gasteiger charge is 2.21. The minimum atomic E-state index is 0.296. The normalized spacial score (nSPS) is 23.7. The molecule has 82 valence electrons. The van der Waals surface area contributed by atoms with E-state index in [1.807, 2.05) is 4.90 Å². The molecule has 1 unspecified atom stereocenters. The third kappa shape index (κ3) is 3.49. The van der Waals surface area contributed by atoms with Crippen molar-refractivity contribution in [2.24, 2.45) is 5.92 Å². The first-order valence-electron chi connectivity index (χ1n) is 5.61. The molecule has 1 aliphatic heterocycles. The summed E-state index contributed by atoms with van der Waals surface area (Å²) >= 11 is 5.66. The maximum absolute atomic E-state index is 11.6. The Morgan fingerprint density at radius 1 is 1.50 bits per heavy atom. The maximum Gasteiger partial charge on any atom is 0.222 e. The lowest BCUT2D eigenvalue weighted by molar-refractivity contribution is -0.130. The Bertz CT molecular complexity index is 184. The summed E-state index contributed by atoms with van der Waals surface area (Å²) in [5, 5.41) is 0. The molecule has 0 aliphatic carbocycles. The molecule has 14 heavy (non-hydrogen) atoms. The molecule has 1 rings (SSSR count). The number of carbonyl (C=O) groups is 1. The van der Waals surface area contributed by atoms with Gasteiger partial charge in [0.15, 0.2) is 0 Å². The van der Waals surface area contributed by atoms with Crippen LogP contribution in [0.1, 0.15) is 39.0 Å². The standard InChI is InChI=1S/C11H20ClNO/c1-2-3-10-4-5-11(14)13(8-6-10)9-7-12/h10H,2-9H2,1H3. The van der Waals surface area contributed by atoms with E-state index in [9.17, 15) is 4.79 Å². The van der Waals surface area contributed by atoms with Gasteiger partial charge in [-0.2, -0.15) is 0 Å². The van der Waals surface area contributed by atoms with E-state index in [0.29, 0.717) is 11.8 Å². The van der Waals surface area contributed by atoms with Crippen LogP contribution < -0.4 is 0 Å². The molecule has 2 nitrogen and oxygen atoms in total. The molecule has 0 aromatic carbocycles. The first-order chi connectivity index (χ1) is 6.77. The van der Waals surface area contributed by atoms with Gasteiger partial charge < -0.3 is 4.90 Å². The molecule has 1 fully saturated rings. The fourth-order valence-corrected chi connectivity index (χ4v) is 2.33. The molecule has 1 atom stereocenters. The highest BCUT2D eigenvalue weighted by molar-refractivity contribution is 6.18. The van der Waals surface area contributed by atoms with E-state index < -0.39 is 0 Å². The van der Waals surface area contributed by atoms with E-state index >= 15 is 0 Å². The van der Waals surface area contributed by atoms with Crippen molar-refractivity contribution in [1.82, 2.24) is 4.90 Å². The Hall–Kier alpha value is -0.240. The van der Waals surface area contributed by atoms with Gasteiger partial charge in [0.2, 0.25) is 5.91 Å². The van der Waals surface area contributed by atoms with Crippen molar-refractivity contribution in [3.63, 3.8) is 0 Å². The van der Waals surface area contributed by atoms with Crippen LogP contribution in [0.4, 0.5) is 0 Å². The minimum Gasteiger partial charge on any atom is -0.341 e. The molecule has 1 aliphatic rings. The molecule has 0 radical (unpaired) electrons. The highest BCUT2D eigenvalue weighted by atomic mass is 35.5. The fourth-order valence-electron chi connectivity index (χ4n) is 2.13. The van der Waals surface area contributed by atoms with Crippen molar-refractivity contribution < 1.29 is 4.79 Å². The third-order valence-corrected chi connectivity index (χ3v) is 3.15. The van der Waals surface area contributed by atoms with Gasteiger partial charge in [-0.05, 0) is 18.8 Å². The van der Waals surface area contributed by atoms with Crippen LogP contribution in [-0.4, -0.2) is 29.8 Å². The van der Waals surface area contributed by atoms with Gasteiger partial charge in [-0.3, -0.25) is 4.79 Å². The summed E-state index contributed by atoms with van der Waals surface area (Å²) in [6, 6.07) is 0. The van der Waals surface area contributed by atoms with Crippen LogP contribution >= 0.6 is 11.6 Å². The molecule has 0 aromatic heterocycles. The highest BCUT2D eigenvalue weighted by Crippen LogP contribution is 2.22. The molecule has 1 amide bonds. The van der Waals surface area contributed by atoms with Crippen molar-refractivity contribution in [3.8, 4) is 0 Å². The lowest BCUT2D eigenvalue weighted by Gasteiger charge is -2.19. The summed E-state index contributed by atoms with van der Waals surface area (Å²) in [5.74, 6) is 1.61. The van der Waals surface area contributed by atoms with Crippen LogP contribution in [0.3, 0.4) is 0 Å². The van der Waals surface area contributed by atoms with Gasteiger partial charge in [0.1, 0.15) is 0 Å². The Morgan fingerprint density at radius 2 is 2.29 bits per heavy atom. The van der Waals surface area contributed by atoms with Crippen LogP contribution in [0.15, 0.2) is 0 Å². The van der Waals surface area contributed by atoms with Crippen LogP contribution in [-0.2, 0) is 4.79 Å². The molecule has 0 aromatic rings. The zero-order chi connectivity index (χ0) is 10.4. The van der Waals surface area contributed by atoms with E-state index in [4.69, 9.17) is 11.6 Å². The minimum absolute atomic E-state index is 0.296. The Morgan fingerprint density at radius 3 is 2.93 bits per heavy atom. The van der Waals surface area contributed by atoms with Crippen molar-refractivity contribution in [1.29, 1.82) is 0 Å². The van der Waals surface area contributed by atoms with Crippen LogP contribution in [0.5, 0.6) is 0 Å². The number of likely N-dealkylation sites (tertiary alicyclic amines) is 1. The molecular weight excluding hydrogens is 198 g/mol. The summed E-state index contributed by atoms with van der Waals surface area (Å²) in [6.45, 7) is 3.85. The maximum atomic E-state index is 11.6. The second kappa shape index (κ2) is 6.28. The summed E-state index contributed by atoms with van der Waals surface area (Å²) in [4.78, 5) is 13.5. The van der Waals surface area contributed by atoms with Crippen molar-refractivity contribution in [3.05, 3.63) is 0 Å². The second-order valence-electron chi connectivity index (χ2n) is 4.05. The number of rotatable bonds is 4. The van der Waals surface area contributed by atoms with Gasteiger partial charge >= 0.3 is 0 Å². The molecule has 3 heteroatoms. The van der Waals surface area contributed by atoms with Crippen molar-refractivity contribution in [2.45, 2.75) is 39.0 Å². The second-order valence-corrected chi connectivity index (χ2v) is 4.43. The molecule has 1 heterocycles. The van der Waals surface area contributed by atoms with Gasteiger partial charge in [0.05, 0.1) is 0 Å². The van der Waals surface area contributed by atoms with E-state index in [0.717, 1.165) is 38.3 Å². The van der Waals surface area contributed by atoms with Gasteiger partial charge in [-0.1, -0.05) is 19.8 Å². The number of hydrogen-bond acceptors (Lipinski definition) is 1. The van der Waals surface area contributed by atoms with E-state index in [2.05, 4.69) is 6.92 Å². The first-order valence-corrected chi connectivity index (χ1v) is 6.15. The summed E-state index contributed by atoms with van der Waals surface area (Å²) < 4.78 is 0. The summed E-state index contributed by atoms with van der Waals surface area (Å²) in [6.07, 6.45) is 5.46. The predicted molar refractivity (Wildman–Crippen MR) is 59.5 cm³/mol. The van der Waals surface area contributed by atoms with Crippen molar-refractivity contribution >= 4 is 17.5 Å². The van der Waals surface area contributed by atoms with E-state index in [-0.39, 0.29) is 0 Å². The first kappa shape index (κ1) is 11.8. The number of hydrogen-bond donors (Lipinski definition) is 0. The summed E-state index contributed by atoms with van der Waals surface area (Å²) in [5.41, 5.74) is 0. The molecule has 0 bridgehead atoms. The quantitative estimate of drug-likeness (QED) is 0.663. The Kier molecular flexibility index (Phi) is 5.31. The van der Waals surface area contributed by atoms with Gasteiger partial charge in [-0.25, -0.2) is 0 Å². The van der Waals surface area contributed by atoms with Crippen LogP contribution in [0.2, 0.25) is 0 Å². The lowest BCUT2D eigenvalue weighted by Crippen LogP contribution is -2.32. The molecule has 1 saturated heterocycles.